The molecule has 0 saturated heterocycles. The first-order valence-corrected chi connectivity index (χ1v) is 6.99. The molecule has 3 rings (SSSR count). The summed E-state index contributed by atoms with van der Waals surface area (Å²) < 4.78 is 1.95. The third-order valence-corrected chi connectivity index (χ3v) is 3.89. The van der Waals surface area contributed by atoms with E-state index in [9.17, 15) is 4.79 Å². The van der Waals surface area contributed by atoms with Crippen molar-refractivity contribution in [3.63, 3.8) is 0 Å². The molecule has 0 atom stereocenters. The molecule has 0 aliphatic rings. The maximum Gasteiger partial charge on any atom is 0.328 e. The molecule has 1 aromatic carbocycles. The molecule has 2 heterocycles. The molecular weight excluding hydrogens is 272 g/mol. The van der Waals surface area contributed by atoms with Crippen LogP contribution in [0.4, 0.5) is 0 Å². The fourth-order valence-corrected chi connectivity index (χ4v) is 2.87. The monoisotopic (exact) mass is 284 g/mol. The predicted molar refractivity (Wildman–Crippen MR) is 79.8 cm³/mol. The van der Waals surface area contributed by atoms with Crippen molar-refractivity contribution in [2.75, 3.05) is 0 Å². The molecule has 0 saturated carbocycles. The topological polar surface area (TPSA) is 55.1 Å². The number of para-hydroxylation sites is 1. The quantitative estimate of drug-likeness (QED) is 0.748. The summed E-state index contributed by atoms with van der Waals surface area (Å²) in [6, 6.07) is 10.1. The first-order valence-electron chi connectivity index (χ1n) is 6.11. The second-order valence-corrected chi connectivity index (χ2v) is 5.37. The van der Waals surface area contributed by atoms with Gasteiger partial charge in [0.1, 0.15) is 0 Å². The van der Waals surface area contributed by atoms with Crippen LogP contribution in [-0.2, 0) is 11.3 Å². The maximum absolute atomic E-state index is 10.5. The summed E-state index contributed by atoms with van der Waals surface area (Å²) in [5.41, 5.74) is 2.01. The van der Waals surface area contributed by atoms with Gasteiger partial charge in [0.15, 0.2) is 0 Å². The lowest BCUT2D eigenvalue weighted by Crippen LogP contribution is -1.99. The summed E-state index contributed by atoms with van der Waals surface area (Å²) in [5, 5.41) is 16.1. The highest BCUT2D eigenvalue weighted by Crippen LogP contribution is 2.20. The van der Waals surface area contributed by atoms with Crippen LogP contribution in [0.2, 0.25) is 0 Å². The lowest BCUT2D eigenvalue weighted by molar-refractivity contribution is -0.131. The number of carboxylic acid groups (broad SMARTS) is 1. The van der Waals surface area contributed by atoms with Crippen LogP contribution in [0.5, 0.6) is 0 Å². The summed E-state index contributed by atoms with van der Waals surface area (Å²) >= 11 is 1.60. The van der Waals surface area contributed by atoms with E-state index >= 15 is 0 Å². The Morgan fingerprint density at radius 2 is 2.25 bits per heavy atom. The number of nitrogens with zero attached hydrogens (tertiary/aromatic N) is 2. The van der Waals surface area contributed by atoms with Gasteiger partial charge in [-0.3, -0.25) is 4.68 Å². The highest BCUT2D eigenvalue weighted by Gasteiger charge is 2.04. The van der Waals surface area contributed by atoms with Crippen LogP contribution >= 0.6 is 11.3 Å². The third kappa shape index (κ3) is 2.62. The average Bonchev–Trinajstić information content (AvgIpc) is 3.05. The fourth-order valence-electron chi connectivity index (χ4n) is 2.03. The van der Waals surface area contributed by atoms with Crippen molar-refractivity contribution in [3.8, 4) is 0 Å². The molecule has 0 spiro atoms. The van der Waals surface area contributed by atoms with Gasteiger partial charge in [0.25, 0.3) is 0 Å². The highest BCUT2D eigenvalue weighted by molar-refractivity contribution is 7.10. The van der Waals surface area contributed by atoms with Gasteiger partial charge in [0, 0.05) is 16.3 Å². The van der Waals surface area contributed by atoms with E-state index < -0.39 is 5.97 Å². The molecule has 4 nitrogen and oxygen atoms in total. The van der Waals surface area contributed by atoms with Crippen molar-refractivity contribution >= 4 is 34.3 Å². The van der Waals surface area contributed by atoms with Gasteiger partial charge in [-0.1, -0.05) is 18.2 Å². The van der Waals surface area contributed by atoms with Crippen molar-refractivity contribution in [1.29, 1.82) is 0 Å². The summed E-state index contributed by atoms with van der Waals surface area (Å²) in [4.78, 5) is 11.6. The summed E-state index contributed by atoms with van der Waals surface area (Å²) in [6.07, 6.45) is 4.60. The first-order chi connectivity index (χ1) is 9.72. The van der Waals surface area contributed by atoms with E-state index in [1.54, 1.807) is 17.4 Å². The molecule has 0 aliphatic carbocycles. The highest BCUT2D eigenvalue weighted by atomic mass is 32.1. The number of aromatic nitrogens is 2. The number of benzene rings is 1. The van der Waals surface area contributed by atoms with Gasteiger partial charge in [-0.05, 0) is 29.2 Å². The number of rotatable bonds is 4. The van der Waals surface area contributed by atoms with Crippen molar-refractivity contribution in [1.82, 2.24) is 9.78 Å². The summed E-state index contributed by atoms with van der Waals surface area (Å²) in [6.45, 7) is 0.694. The number of fused-ring (bicyclic) bond motifs is 1. The zero-order valence-corrected chi connectivity index (χ0v) is 11.4. The Morgan fingerprint density at radius 1 is 1.40 bits per heavy atom. The SMILES string of the molecule is O=C(O)C=Cc1csc(Cn2ncc3ccccc32)c1. The van der Waals surface area contributed by atoms with Crippen LogP contribution in [-0.4, -0.2) is 20.9 Å². The second kappa shape index (κ2) is 5.30. The Labute approximate surface area is 119 Å². The van der Waals surface area contributed by atoms with Crippen LogP contribution in [0, 0.1) is 0 Å². The van der Waals surface area contributed by atoms with Gasteiger partial charge in [-0.15, -0.1) is 11.3 Å². The van der Waals surface area contributed by atoms with E-state index in [1.165, 1.54) is 0 Å². The van der Waals surface area contributed by atoms with E-state index in [0.29, 0.717) is 6.54 Å². The number of hydrogen-bond donors (Lipinski definition) is 1. The number of carboxylic acids is 1. The Hall–Kier alpha value is -2.40. The van der Waals surface area contributed by atoms with Gasteiger partial charge >= 0.3 is 5.97 Å². The molecule has 0 bridgehead atoms. The smallest absolute Gasteiger partial charge is 0.328 e. The molecule has 5 heteroatoms. The molecule has 100 valence electrons. The fraction of sp³-hybridized carbons (Fsp3) is 0.0667. The molecule has 0 aliphatic heterocycles. The molecule has 0 amide bonds. The van der Waals surface area contributed by atoms with Gasteiger partial charge < -0.3 is 5.11 Å². The second-order valence-electron chi connectivity index (χ2n) is 4.38. The van der Waals surface area contributed by atoms with Gasteiger partial charge in [-0.2, -0.15) is 5.10 Å². The van der Waals surface area contributed by atoms with Gasteiger partial charge in [0.2, 0.25) is 0 Å². The minimum absolute atomic E-state index is 0.694. The number of aliphatic carboxylic acids is 1. The van der Waals surface area contributed by atoms with Gasteiger partial charge in [0.05, 0.1) is 18.3 Å². The Bertz CT molecular complexity index is 786. The largest absolute Gasteiger partial charge is 0.478 e. The van der Waals surface area contributed by atoms with Crippen LogP contribution in [0.15, 0.2) is 48.0 Å². The van der Waals surface area contributed by atoms with Crippen molar-refractivity contribution in [3.05, 3.63) is 58.4 Å². The molecule has 0 radical (unpaired) electrons. The van der Waals surface area contributed by atoms with Crippen LogP contribution in [0.1, 0.15) is 10.4 Å². The number of hydrogen-bond acceptors (Lipinski definition) is 3. The standard InChI is InChI=1S/C15H12N2O2S/c18-15(19)6-5-11-7-13(20-10-11)9-17-14-4-2-1-3-12(14)8-16-17/h1-8,10H,9H2,(H,18,19). The van der Waals surface area contributed by atoms with E-state index in [4.69, 9.17) is 5.11 Å². The first kappa shape index (κ1) is 12.6. The Morgan fingerprint density at radius 3 is 3.10 bits per heavy atom. The predicted octanol–water partition coefficient (Wildman–Crippen LogP) is 3.24. The van der Waals surface area contributed by atoms with Crippen molar-refractivity contribution in [2.45, 2.75) is 6.54 Å². The maximum atomic E-state index is 10.5. The molecular formula is C15H12N2O2S. The lowest BCUT2D eigenvalue weighted by Gasteiger charge is -2.00. The molecule has 0 fully saturated rings. The number of thiophene rings is 1. The zero-order chi connectivity index (χ0) is 13.9. The van der Waals surface area contributed by atoms with Crippen LogP contribution in [0.3, 0.4) is 0 Å². The zero-order valence-electron chi connectivity index (χ0n) is 10.6. The molecule has 2 aromatic heterocycles. The normalized spacial score (nSPS) is 11.4. The van der Waals surface area contributed by atoms with E-state index in [2.05, 4.69) is 5.10 Å². The Balaban J connectivity index is 1.83. The van der Waals surface area contributed by atoms with Crippen molar-refractivity contribution < 1.29 is 9.90 Å². The summed E-state index contributed by atoms with van der Waals surface area (Å²) in [5.74, 6) is -0.934. The molecule has 0 unspecified atom stereocenters. The minimum atomic E-state index is -0.934. The third-order valence-electron chi connectivity index (χ3n) is 2.95. The van der Waals surface area contributed by atoms with E-state index in [-0.39, 0.29) is 0 Å². The Kier molecular flexibility index (Phi) is 3.35. The molecule has 20 heavy (non-hydrogen) atoms. The van der Waals surface area contributed by atoms with Crippen LogP contribution < -0.4 is 0 Å². The lowest BCUT2D eigenvalue weighted by atomic mass is 10.2. The van der Waals surface area contributed by atoms with E-state index in [1.807, 2.05) is 46.6 Å². The molecule has 3 aromatic rings. The number of carbonyl (C=O) groups is 1. The summed E-state index contributed by atoms with van der Waals surface area (Å²) in [7, 11) is 0. The van der Waals surface area contributed by atoms with Crippen LogP contribution in [0.25, 0.3) is 17.0 Å². The van der Waals surface area contributed by atoms with Gasteiger partial charge in [-0.25, -0.2) is 4.79 Å². The minimum Gasteiger partial charge on any atom is -0.478 e. The average molecular weight is 284 g/mol. The van der Waals surface area contributed by atoms with E-state index in [0.717, 1.165) is 27.4 Å². The molecule has 1 N–H and O–H groups in total. The van der Waals surface area contributed by atoms with Crippen molar-refractivity contribution in [2.24, 2.45) is 0 Å².